The maximum absolute atomic E-state index is 12.8. The number of ether oxygens (including phenoxy) is 1. The highest BCUT2D eigenvalue weighted by atomic mass is 35.5. The molecule has 0 unspecified atom stereocenters. The van der Waals surface area contributed by atoms with Gasteiger partial charge in [-0.05, 0) is 37.6 Å². The van der Waals surface area contributed by atoms with E-state index in [0.29, 0.717) is 22.9 Å². The van der Waals surface area contributed by atoms with Gasteiger partial charge in [-0.1, -0.05) is 47.5 Å². The van der Waals surface area contributed by atoms with Crippen LogP contribution >= 0.6 is 11.6 Å². The molecule has 1 heterocycles. The SMILES string of the molecule is C=CCN1C(=O)C(=O)C(=C(O)c2ccc(OCC)c(Cl)c2)[C@H]1c1ccc(C)cc1. The van der Waals surface area contributed by atoms with Gasteiger partial charge in [0.05, 0.1) is 23.2 Å². The second kappa shape index (κ2) is 8.53. The van der Waals surface area contributed by atoms with E-state index >= 15 is 0 Å². The molecule has 0 aliphatic carbocycles. The van der Waals surface area contributed by atoms with Gasteiger partial charge < -0.3 is 14.7 Å². The zero-order chi connectivity index (χ0) is 21.1. The number of aryl methyl sites for hydroxylation is 1. The Balaban J connectivity index is 2.15. The zero-order valence-corrected chi connectivity index (χ0v) is 17.1. The summed E-state index contributed by atoms with van der Waals surface area (Å²) in [5.74, 6) is -1.20. The van der Waals surface area contributed by atoms with Gasteiger partial charge in [-0.3, -0.25) is 9.59 Å². The van der Waals surface area contributed by atoms with E-state index in [0.717, 1.165) is 11.1 Å². The molecule has 0 bridgehead atoms. The van der Waals surface area contributed by atoms with Crippen molar-refractivity contribution in [2.24, 2.45) is 0 Å². The third kappa shape index (κ3) is 3.91. The van der Waals surface area contributed by atoms with Crippen LogP contribution in [-0.2, 0) is 9.59 Å². The largest absolute Gasteiger partial charge is 0.507 e. The van der Waals surface area contributed by atoms with Crippen LogP contribution in [0.4, 0.5) is 0 Å². The number of amides is 1. The van der Waals surface area contributed by atoms with Crippen LogP contribution < -0.4 is 4.74 Å². The van der Waals surface area contributed by atoms with Crippen LogP contribution in [0.1, 0.15) is 29.7 Å². The summed E-state index contributed by atoms with van der Waals surface area (Å²) in [5, 5.41) is 11.3. The second-order valence-corrected chi connectivity index (χ2v) is 7.14. The van der Waals surface area contributed by atoms with Crippen molar-refractivity contribution >= 4 is 29.1 Å². The molecule has 1 aliphatic heterocycles. The van der Waals surface area contributed by atoms with Gasteiger partial charge in [-0.15, -0.1) is 6.58 Å². The smallest absolute Gasteiger partial charge is 0.295 e. The predicted octanol–water partition coefficient (Wildman–Crippen LogP) is 4.65. The van der Waals surface area contributed by atoms with E-state index in [4.69, 9.17) is 16.3 Å². The van der Waals surface area contributed by atoms with Crippen molar-refractivity contribution in [3.8, 4) is 5.75 Å². The minimum atomic E-state index is -0.736. The lowest BCUT2D eigenvalue weighted by Crippen LogP contribution is -2.29. The van der Waals surface area contributed by atoms with Crippen molar-refractivity contribution in [1.29, 1.82) is 0 Å². The van der Waals surface area contributed by atoms with Crippen molar-refractivity contribution < 1.29 is 19.4 Å². The van der Waals surface area contributed by atoms with E-state index in [1.165, 1.54) is 11.0 Å². The van der Waals surface area contributed by atoms with Crippen LogP contribution in [0.3, 0.4) is 0 Å². The lowest BCUT2D eigenvalue weighted by atomic mass is 9.94. The molecule has 1 N–H and O–H groups in total. The molecule has 2 aromatic carbocycles. The highest BCUT2D eigenvalue weighted by molar-refractivity contribution is 6.46. The molecule has 0 radical (unpaired) electrons. The van der Waals surface area contributed by atoms with Crippen molar-refractivity contribution in [2.75, 3.05) is 13.2 Å². The van der Waals surface area contributed by atoms with Gasteiger partial charge in [0.15, 0.2) is 0 Å². The fourth-order valence-electron chi connectivity index (χ4n) is 3.38. The number of rotatable bonds is 6. The Labute approximate surface area is 174 Å². The number of ketones is 1. The molecule has 3 rings (SSSR count). The van der Waals surface area contributed by atoms with Crippen LogP contribution in [0.25, 0.3) is 5.76 Å². The Morgan fingerprint density at radius 2 is 1.93 bits per heavy atom. The fraction of sp³-hybridized carbons (Fsp3) is 0.217. The topological polar surface area (TPSA) is 66.8 Å². The third-order valence-electron chi connectivity index (χ3n) is 4.76. The summed E-state index contributed by atoms with van der Waals surface area (Å²) in [6.07, 6.45) is 1.56. The van der Waals surface area contributed by atoms with Gasteiger partial charge in [0.2, 0.25) is 0 Å². The number of carbonyl (C=O) groups is 2. The maximum atomic E-state index is 12.8. The Bertz CT molecular complexity index is 994. The summed E-state index contributed by atoms with van der Waals surface area (Å²) in [7, 11) is 0. The number of benzene rings is 2. The molecular weight excluding hydrogens is 390 g/mol. The van der Waals surface area contributed by atoms with Gasteiger partial charge in [-0.25, -0.2) is 0 Å². The van der Waals surface area contributed by atoms with E-state index in [1.807, 2.05) is 38.1 Å². The molecule has 0 aromatic heterocycles. The first-order valence-corrected chi connectivity index (χ1v) is 9.65. The van der Waals surface area contributed by atoms with Gasteiger partial charge >= 0.3 is 0 Å². The number of aliphatic hydroxyl groups excluding tert-OH is 1. The first kappa shape index (κ1) is 20.7. The molecule has 6 heteroatoms. The van der Waals surface area contributed by atoms with Crippen molar-refractivity contribution in [3.63, 3.8) is 0 Å². The molecule has 1 saturated heterocycles. The number of halogens is 1. The first-order chi connectivity index (χ1) is 13.9. The van der Waals surface area contributed by atoms with Crippen LogP contribution in [0.2, 0.25) is 5.02 Å². The zero-order valence-electron chi connectivity index (χ0n) is 16.3. The highest BCUT2D eigenvalue weighted by Gasteiger charge is 2.45. The minimum absolute atomic E-state index is 0.0286. The number of hydrogen-bond donors (Lipinski definition) is 1. The highest BCUT2D eigenvalue weighted by Crippen LogP contribution is 2.40. The summed E-state index contributed by atoms with van der Waals surface area (Å²) in [6, 6.07) is 11.5. The van der Waals surface area contributed by atoms with Gasteiger partial charge in [0, 0.05) is 12.1 Å². The average molecular weight is 412 g/mol. The van der Waals surface area contributed by atoms with Crippen LogP contribution in [0.5, 0.6) is 5.75 Å². The fourth-order valence-corrected chi connectivity index (χ4v) is 3.61. The molecule has 1 atom stereocenters. The van der Waals surface area contributed by atoms with Crippen molar-refractivity contribution in [2.45, 2.75) is 19.9 Å². The molecule has 0 spiro atoms. The maximum Gasteiger partial charge on any atom is 0.295 e. The van der Waals surface area contributed by atoms with Crippen LogP contribution in [0, 0.1) is 6.92 Å². The quantitative estimate of drug-likeness (QED) is 0.325. The molecule has 150 valence electrons. The normalized spacial score (nSPS) is 18.2. The van der Waals surface area contributed by atoms with Gasteiger partial charge in [0.1, 0.15) is 11.5 Å². The Kier molecular flexibility index (Phi) is 6.09. The standard InChI is InChI=1S/C23H22ClNO4/c1-4-12-25-20(15-8-6-14(3)7-9-15)19(22(27)23(25)28)21(26)16-10-11-18(29-5-2)17(24)13-16/h4,6-11,13,20,26H,1,5,12H2,2-3H3/t20-/m1/s1. The number of nitrogens with zero attached hydrogens (tertiary/aromatic N) is 1. The number of hydrogen-bond acceptors (Lipinski definition) is 4. The Hall–Kier alpha value is -3.05. The minimum Gasteiger partial charge on any atom is -0.507 e. The molecule has 5 nitrogen and oxygen atoms in total. The van der Waals surface area contributed by atoms with E-state index in [-0.39, 0.29) is 17.9 Å². The lowest BCUT2D eigenvalue weighted by Gasteiger charge is -2.24. The number of carbonyl (C=O) groups excluding carboxylic acids is 2. The summed E-state index contributed by atoms with van der Waals surface area (Å²) < 4.78 is 5.42. The molecule has 0 saturated carbocycles. The van der Waals surface area contributed by atoms with E-state index in [1.54, 1.807) is 18.2 Å². The van der Waals surface area contributed by atoms with Crippen LogP contribution in [0.15, 0.2) is 60.7 Å². The molecule has 1 amide bonds. The summed E-state index contributed by atoms with van der Waals surface area (Å²) in [4.78, 5) is 26.8. The first-order valence-electron chi connectivity index (χ1n) is 9.27. The third-order valence-corrected chi connectivity index (χ3v) is 5.06. The lowest BCUT2D eigenvalue weighted by molar-refractivity contribution is -0.139. The Morgan fingerprint density at radius 1 is 1.24 bits per heavy atom. The number of likely N-dealkylation sites (tertiary alicyclic amines) is 1. The number of aliphatic hydroxyl groups is 1. The van der Waals surface area contributed by atoms with Crippen molar-refractivity contribution in [1.82, 2.24) is 4.90 Å². The van der Waals surface area contributed by atoms with Gasteiger partial charge in [0.25, 0.3) is 11.7 Å². The predicted molar refractivity (Wildman–Crippen MR) is 113 cm³/mol. The summed E-state index contributed by atoms with van der Waals surface area (Å²) in [6.45, 7) is 8.10. The molecule has 1 aliphatic rings. The average Bonchev–Trinajstić information content (AvgIpc) is 2.95. The molecule has 2 aromatic rings. The molecule has 29 heavy (non-hydrogen) atoms. The molecular formula is C23H22ClNO4. The van der Waals surface area contributed by atoms with E-state index in [2.05, 4.69) is 6.58 Å². The number of Topliss-reactive ketones (excluding diaryl/α,β-unsaturated/α-hetero) is 1. The monoisotopic (exact) mass is 411 g/mol. The Morgan fingerprint density at radius 3 is 2.52 bits per heavy atom. The van der Waals surface area contributed by atoms with Crippen molar-refractivity contribution in [3.05, 3.63) is 82.4 Å². The van der Waals surface area contributed by atoms with Gasteiger partial charge in [-0.2, -0.15) is 0 Å². The van der Waals surface area contributed by atoms with Crippen LogP contribution in [-0.4, -0.2) is 34.8 Å². The summed E-state index contributed by atoms with van der Waals surface area (Å²) >= 11 is 6.24. The summed E-state index contributed by atoms with van der Waals surface area (Å²) in [5.41, 5.74) is 2.15. The van der Waals surface area contributed by atoms with E-state index in [9.17, 15) is 14.7 Å². The second-order valence-electron chi connectivity index (χ2n) is 6.73. The molecule has 1 fully saturated rings. The van der Waals surface area contributed by atoms with E-state index < -0.39 is 17.7 Å².